The maximum Gasteiger partial charge on any atom is 0.264 e. The average Bonchev–Trinajstić information content (AvgIpc) is 3.00. The van der Waals surface area contributed by atoms with Crippen molar-refractivity contribution in [2.24, 2.45) is 5.10 Å². The highest BCUT2D eigenvalue weighted by molar-refractivity contribution is 7.92. The van der Waals surface area contributed by atoms with Crippen LogP contribution in [0.1, 0.15) is 23.6 Å². The number of methoxy groups -OCH3 is 1. The van der Waals surface area contributed by atoms with E-state index in [0.717, 1.165) is 15.4 Å². The zero-order valence-electron chi connectivity index (χ0n) is 23.7. The number of aryl methyl sites for hydroxylation is 1. The van der Waals surface area contributed by atoms with Gasteiger partial charge in [-0.1, -0.05) is 60.2 Å². The Balaban J connectivity index is 1.50. The first kappa shape index (κ1) is 30.1. The SMILES string of the molecule is CCOc1cc(/C=N/NC(=O)CN(c2ccccc2OC)S(=O)(=O)c2ccc(C)cc2)ccc1OCc1ccccc1. The van der Waals surface area contributed by atoms with Crippen LogP contribution in [0.25, 0.3) is 0 Å². The highest BCUT2D eigenvalue weighted by Gasteiger charge is 2.29. The number of carbonyl (C=O) groups excluding carboxylic acids is 1. The van der Waals surface area contributed by atoms with Gasteiger partial charge in [0.1, 0.15) is 18.9 Å². The largest absolute Gasteiger partial charge is 0.495 e. The molecule has 0 unspecified atom stereocenters. The molecule has 0 aliphatic heterocycles. The molecule has 0 heterocycles. The summed E-state index contributed by atoms with van der Waals surface area (Å²) in [5, 5.41) is 4.05. The average molecular weight is 588 g/mol. The molecule has 0 fully saturated rings. The van der Waals surface area contributed by atoms with Crippen LogP contribution >= 0.6 is 0 Å². The molecule has 0 radical (unpaired) electrons. The van der Waals surface area contributed by atoms with Gasteiger partial charge >= 0.3 is 0 Å². The van der Waals surface area contributed by atoms with Crippen molar-refractivity contribution in [1.82, 2.24) is 5.43 Å². The predicted octanol–water partition coefficient (Wildman–Crippen LogP) is 5.33. The van der Waals surface area contributed by atoms with Gasteiger partial charge in [-0.15, -0.1) is 0 Å². The molecule has 1 N–H and O–H groups in total. The lowest BCUT2D eigenvalue weighted by molar-refractivity contribution is -0.119. The molecule has 0 aliphatic carbocycles. The van der Waals surface area contributed by atoms with Crippen LogP contribution in [0.4, 0.5) is 5.69 Å². The zero-order valence-corrected chi connectivity index (χ0v) is 24.5. The van der Waals surface area contributed by atoms with Gasteiger partial charge in [-0.2, -0.15) is 5.10 Å². The summed E-state index contributed by atoms with van der Waals surface area (Å²) < 4.78 is 45.4. The first-order valence-corrected chi connectivity index (χ1v) is 14.7. The zero-order chi connectivity index (χ0) is 30.0. The normalized spacial score (nSPS) is 11.2. The fourth-order valence-corrected chi connectivity index (χ4v) is 5.48. The summed E-state index contributed by atoms with van der Waals surface area (Å²) in [6.07, 6.45) is 1.45. The molecule has 0 bridgehead atoms. The van der Waals surface area contributed by atoms with Crippen LogP contribution < -0.4 is 23.9 Å². The number of benzene rings is 4. The van der Waals surface area contributed by atoms with Gasteiger partial charge in [-0.3, -0.25) is 9.10 Å². The van der Waals surface area contributed by atoms with Crippen LogP contribution in [0.3, 0.4) is 0 Å². The molecule has 1 amide bonds. The van der Waals surface area contributed by atoms with Crippen LogP contribution in [0.5, 0.6) is 17.2 Å². The predicted molar refractivity (Wildman–Crippen MR) is 163 cm³/mol. The molecule has 0 saturated carbocycles. The van der Waals surface area contributed by atoms with Crippen molar-refractivity contribution in [3.05, 3.63) is 114 Å². The van der Waals surface area contributed by atoms with Crippen LogP contribution in [0, 0.1) is 6.92 Å². The second-order valence-electron chi connectivity index (χ2n) is 9.20. The lowest BCUT2D eigenvalue weighted by atomic mass is 10.2. The van der Waals surface area contributed by atoms with Crippen molar-refractivity contribution in [3.63, 3.8) is 0 Å². The molecule has 0 aliphatic rings. The van der Waals surface area contributed by atoms with E-state index < -0.39 is 22.5 Å². The van der Waals surface area contributed by atoms with E-state index in [9.17, 15) is 13.2 Å². The number of nitrogens with one attached hydrogen (secondary N) is 1. The van der Waals surface area contributed by atoms with Gasteiger partial charge in [0.15, 0.2) is 11.5 Å². The molecule has 218 valence electrons. The Kier molecular flexibility index (Phi) is 10.2. The molecule has 9 nitrogen and oxygen atoms in total. The molecule has 42 heavy (non-hydrogen) atoms. The molecule has 0 spiro atoms. The number of amides is 1. The third kappa shape index (κ3) is 7.67. The minimum absolute atomic E-state index is 0.0494. The maximum absolute atomic E-state index is 13.6. The van der Waals surface area contributed by atoms with Crippen molar-refractivity contribution in [1.29, 1.82) is 0 Å². The van der Waals surface area contributed by atoms with Crippen LogP contribution in [-0.4, -0.2) is 40.8 Å². The number of hydrogen-bond donors (Lipinski definition) is 1. The number of hydrazone groups is 1. The van der Waals surface area contributed by atoms with Crippen molar-refractivity contribution in [2.45, 2.75) is 25.3 Å². The van der Waals surface area contributed by atoms with Crippen molar-refractivity contribution in [3.8, 4) is 17.2 Å². The Hall–Kier alpha value is -4.83. The van der Waals surface area contributed by atoms with E-state index in [0.29, 0.717) is 36.0 Å². The summed E-state index contributed by atoms with van der Waals surface area (Å²) in [5.41, 5.74) is 5.25. The number of rotatable bonds is 13. The fourth-order valence-electron chi connectivity index (χ4n) is 4.05. The number of ether oxygens (including phenoxy) is 3. The monoisotopic (exact) mass is 587 g/mol. The Labute approximate surface area is 246 Å². The summed E-state index contributed by atoms with van der Waals surface area (Å²) in [7, 11) is -2.67. The topological polar surface area (TPSA) is 107 Å². The Morgan fingerprint density at radius 2 is 1.60 bits per heavy atom. The number of nitrogens with zero attached hydrogens (tertiary/aromatic N) is 2. The van der Waals surface area contributed by atoms with Gasteiger partial charge in [0, 0.05) is 0 Å². The van der Waals surface area contributed by atoms with Gasteiger partial charge in [-0.05, 0) is 67.4 Å². The standard InChI is InChI=1S/C32H33N3O6S/c1-4-40-31-20-26(16-19-30(31)41-23-25-10-6-5-7-11-25)21-33-34-32(36)22-35(28-12-8-9-13-29(28)39-3)42(37,38)27-17-14-24(2)15-18-27/h5-21H,4,22-23H2,1-3H3,(H,34,36)/b33-21+. The molecular formula is C32H33N3O6S. The quantitative estimate of drug-likeness (QED) is 0.168. The van der Waals surface area contributed by atoms with E-state index in [4.69, 9.17) is 14.2 Å². The molecular weight excluding hydrogens is 554 g/mol. The van der Waals surface area contributed by atoms with Crippen LogP contribution in [0.2, 0.25) is 0 Å². The Morgan fingerprint density at radius 3 is 2.31 bits per heavy atom. The molecule has 4 aromatic rings. The summed E-state index contributed by atoms with van der Waals surface area (Å²) in [6.45, 7) is 4.04. The molecule has 4 aromatic carbocycles. The van der Waals surface area contributed by atoms with Gasteiger partial charge < -0.3 is 14.2 Å². The van der Waals surface area contributed by atoms with E-state index >= 15 is 0 Å². The Bertz CT molecular complexity index is 1620. The number of hydrogen-bond acceptors (Lipinski definition) is 7. The highest BCUT2D eigenvalue weighted by Crippen LogP contribution is 2.32. The molecule has 10 heteroatoms. The summed E-state index contributed by atoms with van der Waals surface area (Å²) in [5.74, 6) is 0.786. The lowest BCUT2D eigenvalue weighted by Gasteiger charge is -2.25. The maximum atomic E-state index is 13.6. The molecule has 0 atom stereocenters. The minimum atomic E-state index is -4.11. The molecule has 0 aromatic heterocycles. The number of carbonyl (C=O) groups is 1. The summed E-state index contributed by atoms with van der Waals surface area (Å²) in [6, 6.07) is 28.1. The van der Waals surface area contributed by atoms with E-state index in [1.165, 1.54) is 25.5 Å². The van der Waals surface area contributed by atoms with Crippen molar-refractivity contribution < 1.29 is 27.4 Å². The third-order valence-corrected chi connectivity index (χ3v) is 7.93. The Morgan fingerprint density at radius 1 is 0.881 bits per heavy atom. The third-order valence-electron chi connectivity index (χ3n) is 6.16. The first-order valence-electron chi connectivity index (χ1n) is 13.3. The van der Waals surface area contributed by atoms with E-state index in [2.05, 4.69) is 10.5 Å². The molecule has 4 rings (SSSR count). The van der Waals surface area contributed by atoms with Gasteiger partial charge in [0.2, 0.25) is 0 Å². The first-order chi connectivity index (χ1) is 20.3. The minimum Gasteiger partial charge on any atom is -0.495 e. The van der Waals surface area contributed by atoms with E-state index in [-0.39, 0.29) is 10.6 Å². The van der Waals surface area contributed by atoms with E-state index in [1.807, 2.05) is 44.2 Å². The second-order valence-corrected chi connectivity index (χ2v) is 11.1. The smallest absolute Gasteiger partial charge is 0.264 e. The molecule has 0 saturated heterocycles. The highest BCUT2D eigenvalue weighted by atomic mass is 32.2. The van der Waals surface area contributed by atoms with E-state index in [1.54, 1.807) is 54.6 Å². The van der Waals surface area contributed by atoms with Crippen LogP contribution in [0.15, 0.2) is 107 Å². The fraction of sp³-hybridized carbons (Fsp3) is 0.188. The number of anilines is 1. The van der Waals surface area contributed by atoms with Gasteiger partial charge in [0.05, 0.1) is 30.5 Å². The van der Waals surface area contributed by atoms with Crippen LogP contribution in [-0.2, 0) is 21.4 Å². The van der Waals surface area contributed by atoms with Crippen molar-refractivity contribution >= 4 is 27.8 Å². The number of para-hydroxylation sites is 2. The second kappa shape index (κ2) is 14.2. The van der Waals surface area contributed by atoms with Crippen molar-refractivity contribution in [2.75, 3.05) is 24.6 Å². The lowest BCUT2D eigenvalue weighted by Crippen LogP contribution is -2.39. The number of sulfonamides is 1. The summed E-state index contributed by atoms with van der Waals surface area (Å²) >= 11 is 0. The summed E-state index contributed by atoms with van der Waals surface area (Å²) in [4.78, 5) is 13.0. The van der Waals surface area contributed by atoms with Gasteiger partial charge in [0.25, 0.3) is 15.9 Å². The van der Waals surface area contributed by atoms with Gasteiger partial charge in [-0.25, -0.2) is 13.8 Å².